The second-order valence-electron chi connectivity index (χ2n) is 9.37. The van der Waals surface area contributed by atoms with E-state index in [4.69, 9.17) is 9.94 Å². The number of nitrogens with one attached hydrogen (secondary N) is 2. The number of aryl methyl sites for hydroxylation is 1. The Hall–Kier alpha value is -4.07. The first-order valence-corrected chi connectivity index (χ1v) is 12.5. The number of methoxy groups -OCH3 is 1. The van der Waals surface area contributed by atoms with Crippen LogP contribution in [0.3, 0.4) is 0 Å². The van der Waals surface area contributed by atoms with E-state index in [1.165, 1.54) is 28.2 Å². The number of para-hydroxylation sites is 2. The molecule has 0 saturated carbocycles. The van der Waals surface area contributed by atoms with Crippen molar-refractivity contribution in [2.45, 2.75) is 31.8 Å². The number of carbonyl (C=O) groups excluding carboxylic acids is 1. The van der Waals surface area contributed by atoms with E-state index in [0.29, 0.717) is 12.3 Å². The Bertz CT molecular complexity index is 1440. The summed E-state index contributed by atoms with van der Waals surface area (Å²) in [7, 11) is 1.57. The molecule has 0 saturated heterocycles. The second kappa shape index (κ2) is 10.9. The summed E-state index contributed by atoms with van der Waals surface area (Å²) in [5.41, 5.74) is 8.30. The molecule has 1 aromatic heterocycles. The van der Waals surface area contributed by atoms with Crippen LogP contribution in [0, 0.1) is 0 Å². The van der Waals surface area contributed by atoms with E-state index in [1.807, 2.05) is 24.3 Å². The fraction of sp³-hybridized carbons (Fsp3) is 0.233. The molecule has 1 atom stereocenters. The lowest BCUT2D eigenvalue weighted by Gasteiger charge is -2.30. The third kappa shape index (κ3) is 5.23. The van der Waals surface area contributed by atoms with Gasteiger partial charge >= 0.3 is 0 Å². The Labute approximate surface area is 216 Å². The number of aromatic hydroxyl groups is 1. The number of hydrogen-bond donors (Lipinski definition) is 4. The Morgan fingerprint density at radius 2 is 2.03 bits per heavy atom. The monoisotopic (exact) mass is 497 g/mol. The number of nitrogens with zero attached hydrogens (tertiary/aromatic N) is 1. The summed E-state index contributed by atoms with van der Waals surface area (Å²) >= 11 is 0. The molecule has 0 spiro atoms. The SMILES string of the molecule is COc1cccc(CN(CCc2c[nH]c3ccccc23)C2CCc3cc(/C=C/C(=O)NO)ccc32)c1O. The van der Waals surface area contributed by atoms with Gasteiger partial charge in [0, 0.05) is 47.9 Å². The van der Waals surface area contributed by atoms with E-state index in [0.717, 1.165) is 42.5 Å². The van der Waals surface area contributed by atoms with E-state index in [2.05, 4.69) is 46.4 Å². The Morgan fingerprint density at radius 3 is 2.86 bits per heavy atom. The molecule has 4 aromatic rings. The molecule has 1 amide bonds. The van der Waals surface area contributed by atoms with Crippen LogP contribution in [-0.2, 0) is 24.2 Å². The molecule has 0 fully saturated rings. The molecule has 1 aliphatic rings. The van der Waals surface area contributed by atoms with Crippen molar-refractivity contribution in [1.29, 1.82) is 0 Å². The van der Waals surface area contributed by atoms with Crippen LogP contribution in [0.4, 0.5) is 0 Å². The minimum Gasteiger partial charge on any atom is -0.504 e. The Morgan fingerprint density at radius 1 is 1.16 bits per heavy atom. The van der Waals surface area contributed by atoms with Crippen LogP contribution >= 0.6 is 0 Å². The zero-order chi connectivity index (χ0) is 25.8. The zero-order valence-electron chi connectivity index (χ0n) is 20.8. The highest BCUT2D eigenvalue weighted by Crippen LogP contribution is 2.39. The number of hydrogen-bond acceptors (Lipinski definition) is 5. The quantitative estimate of drug-likeness (QED) is 0.146. The molecule has 3 aromatic carbocycles. The topological polar surface area (TPSA) is 97.8 Å². The van der Waals surface area contributed by atoms with E-state index in [-0.39, 0.29) is 11.8 Å². The third-order valence-corrected chi connectivity index (χ3v) is 7.21. The summed E-state index contributed by atoms with van der Waals surface area (Å²) < 4.78 is 5.35. The van der Waals surface area contributed by atoms with Crippen molar-refractivity contribution >= 4 is 22.9 Å². The molecular formula is C30H31N3O4. The first-order chi connectivity index (χ1) is 18.1. The predicted molar refractivity (Wildman–Crippen MR) is 144 cm³/mol. The molecule has 0 aliphatic heterocycles. The number of ether oxygens (including phenoxy) is 1. The number of phenols is 1. The minimum atomic E-state index is -0.556. The molecule has 7 nitrogen and oxygen atoms in total. The van der Waals surface area contributed by atoms with Gasteiger partial charge in [0.05, 0.1) is 7.11 Å². The number of aromatic nitrogens is 1. The number of carbonyl (C=O) groups is 1. The maximum absolute atomic E-state index is 11.4. The average Bonchev–Trinajstić information content (AvgIpc) is 3.54. The van der Waals surface area contributed by atoms with Crippen LogP contribution in [0.15, 0.2) is 72.9 Å². The fourth-order valence-electron chi connectivity index (χ4n) is 5.33. The largest absolute Gasteiger partial charge is 0.504 e. The molecule has 37 heavy (non-hydrogen) atoms. The second-order valence-corrected chi connectivity index (χ2v) is 9.37. The van der Waals surface area contributed by atoms with Gasteiger partial charge in [0.2, 0.25) is 0 Å². The van der Waals surface area contributed by atoms with E-state index >= 15 is 0 Å². The summed E-state index contributed by atoms with van der Waals surface area (Å²) in [6, 6.07) is 20.4. The van der Waals surface area contributed by atoms with Gasteiger partial charge in [0.1, 0.15) is 0 Å². The maximum atomic E-state index is 11.4. The van der Waals surface area contributed by atoms with E-state index < -0.39 is 5.91 Å². The molecule has 1 unspecified atom stereocenters. The summed E-state index contributed by atoms with van der Waals surface area (Å²) in [5.74, 6) is 0.104. The lowest BCUT2D eigenvalue weighted by molar-refractivity contribution is -0.124. The van der Waals surface area contributed by atoms with Gasteiger partial charge in [-0.2, -0.15) is 0 Å². The van der Waals surface area contributed by atoms with Gasteiger partial charge in [-0.05, 0) is 59.7 Å². The van der Waals surface area contributed by atoms with Crippen LogP contribution in [0.2, 0.25) is 0 Å². The van der Waals surface area contributed by atoms with Crippen LogP contribution < -0.4 is 10.2 Å². The molecule has 1 heterocycles. The Balaban J connectivity index is 1.43. The summed E-state index contributed by atoms with van der Waals surface area (Å²) in [6.07, 6.45) is 7.88. The van der Waals surface area contributed by atoms with Crippen molar-refractivity contribution < 1.29 is 19.8 Å². The normalized spacial score (nSPS) is 14.9. The number of fused-ring (bicyclic) bond motifs is 2. The zero-order valence-corrected chi connectivity index (χ0v) is 20.8. The van der Waals surface area contributed by atoms with Gasteiger partial charge in [-0.3, -0.25) is 14.9 Å². The number of amides is 1. The van der Waals surface area contributed by atoms with Crippen molar-refractivity contribution in [3.8, 4) is 11.5 Å². The van der Waals surface area contributed by atoms with Crippen molar-refractivity contribution in [2.24, 2.45) is 0 Å². The number of hydroxylamine groups is 1. The highest BCUT2D eigenvalue weighted by molar-refractivity contribution is 5.90. The van der Waals surface area contributed by atoms with Gasteiger partial charge in [-0.25, -0.2) is 5.48 Å². The first kappa shape index (κ1) is 24.6. The molecule has 1 aliphatic carbocycles. The van der Waals surface area contributed by atoms with Crippen molar-refractivity contribution in [3.63, 3.8) is 0 Å². The third-order valence-electron chi connectivity index (χ3n) is 7.21. The van der Waals surface area contributed by atoms with Crippen LogP contribution in [0.5, 0.6) is 11.5 Å². The van der Waals surface area contributed by atoms with E-state index in [9.17, 15) is 9.90 Å². The lowest BCUT2D eigenvalue weighted by atomic mass is 10.0. The summed E-state index contributed by atoms with van der Waals surface area (Å²) in [5, 5.41) is 20.8. The number of H-pyrrole nitrogens is 1. The molecule has 7 heteroatoms. The van der Waals surface area contributed by atoms with E-state index in [1.54, 1.807) is 24.7 Å². The first-order valence-electron chi connectivity index (χ1n) is 12.5. The molecule has 0 bridgehead atoms. The minimum absolute atomic E-state index is 0.183. The molecule has 0 radical (unpaired) electrons. The predicted octanol–water partition coefficient (Wildman–Crippen LogP) is 5.13. The smallest absolute Gasteiger partial charge is 0.267 e. The number of aromatic amines is 1. The average molecular weight is 498 g/mol. The van der Waals surface area contributed by atoms with Crippen molar-refractivity contribution in [2.75, 3.05) is 13.7 Å². The number of phenolic OH excluding ortho intramolecular Hbond substituents is 1. The van der Waals surface area contributed by atoms with Gasteiger partial charge in [-0.15, -0.1) is 0 Å². The molecule has 190 valence electrons. The highest BCUT2D eigenvalue weighted by Gasteiger charge is 2.29. The van der Waals surface area contributed by atoms with Gasteiger partial charge in [0.25, 0.3) is 5.91 Å². The van der Waals surface area contributed by atoms with Crippen LogP contribution in [-0.4, -0.2) is 39.8 Å². The van der Waals surface area contributed by atoms with Crippen LogP contribution in [0.25, 0.3) is 17.0 Å². The van der Waals surface area contributed by atoms with Crippen LogP contribution in [0.1, 0.15) is 40.3 Å². The molecular weight excluding hydrogens is 466 g/mol. The van der Waals surface area contributed by atoms with Gasteiger partial charge in [0.15, 0.2) is 11.5 Å². The molecule has 4 N–H and O–H groups in total. The number of rotatable bonds is 9. The van der Waals surface area contributed by atoms with Gasteiger partial charge < -0.3 is 14.8 Å². The summed E-state index contributed by atoms with van der Waals surface area (Å²) in [4.78, 5) is 17.2. The molecule has 5 rings (SSSR count). The maximum Gasteiger partial charge on any atom is 0.267 e. The van der Waals surface area contributed by atoms with Crippen molar-refractivity contribution in [1.82, 2.24) is 15.4 Å². The van der Waals surface area contributed by atoms with Crippen molar-refractivity contribution in [3.05, 3.63) is 101 Å². The number of benzene rings is 3. The summed E-state index contributed by atoms with van der Waals surface area (Å²) in [6.45, 7) is 1.41. The Kier molecular flexibility index (Phi) is 7.25. The fourth-order valence-corrected chi connectivity index (χ4v) is 5.33. The standard InChI is InChI=1S/C30H31N3O4/c1-37-28-8-4-5-23(30(28)35)19-33(16-15-22-18-31-26-7-3-2-6-24(22)26)27-13-11-21-17-20(9-12-25(21)27)10-14-29(34)32-36/h2-10,12,14,17-18,27,31,35-36H,11,13,15-16,19H2,1H3,(H,32,34)/b14-10+. The highest BCUT2D eigenvalue weighted by atomic mass is 16.5. The van der Waals surface area contributed by atoms with Gasteiger partial charge in [-0.1, -0.05) is 48.5 Å². The lowest BCUT2D eigenvalue weighted by Crippen LogP contribution is -2.29.